The minimum Gasteiger partial charge on any atom is -0.493 e. The molecule has 0 saturated heterocycles. The lowest BCUT2D eigenvalue weighted by atomic mass is 10.1. The molecule has 1 aromatic carbocycles. The van der Waals surface area contributed by atoms with Crippen molar-refractivity contribution in [1.29, 1.82) is 0 Å². The van der Waals surface area contributed by atoms with E-state index in [1.165, 1.54) is 5.54 Å². The maximum atomic E-state index is 5.86. The lowest BCUT2D eigenvalue weighted by molar-refractivity contribution is 0.317. The van der Waals surface area contributed by atoms with Gasteiger partial charge in [0.05, 0.1) is 12.1 Å². The van der Waals surface area contributed by atoms with Crippen LogP contribution in [0, 0.1) is 0 Å². The van der Waals surface area contributed by atoms with Gasteiger partial charge in [-0.15, -0.1) is 0 Å². The summed E-state index contributed by atoms with van der Waals surface area (Å²) >= 11 is 11.4. The Morgan fingerprint density at radius 2 is 2.05 bits per heavy atom. The molecular weight excluding hydrogens is 297 g/mol. The van der Waals surface area contributed by atoms with Gasteiger partial charge in [0.25, 0.3) is 0 Å². The van der Waals surface area contributed by atoms with Crippen molar-refractivity contribution in [1.82, 2.24) is 5.32 Å². The summed E-state index contributed by atoms with van der Waals surface area (Å²) in [6, 6.07) is 5.79. The van der Waals surface area contributed by atoms with Gasteiger partial charge in [0.1, 0.15) is 6.61 Å². The van der Waals surface area contributed by atoms with Gasteiger partial charge < -0.3 is 14.8 Å². The van der Waals surface area contributed by atoms with E-state index in [1.54, 1.807) is 7.11 Å². The van der Waals surface area contributed by atoms with Crippen molar-refractivity contribution in [2.45, 2.75) is 32.9 Å². The molecule has 0 atom stereocenters. The fourth-order valence-corrected chi connectivity index (χ4v) is 1.68. The van der Waals surface area contributed by atoms with Crippen LogP contribution in [0.3, 0.4) is 0 Å². The predicted molar refractivity (Wildman–Crippen MR) is 84.9 cm³/mol. The molecule has 20 heavy (non-hydrogen) atoms. The molecule has 1 aromatic rings. The van der Waals surface area contributed by atoms with Crippen LogP contribution < -0.4 is 14.8 Å². The first-order valence-electron chi connectivity index (χ1n) is 6.36. The number of rotatable bonds is 6. The highest BCUT2D eigenvalue weighted by molar-refractivity contribution is 6.36. The SMILES string of the molecule is COc1cccc(CNC(C)(C)C)c1OCC(Cl)=CCl. The Hall–Kier alpha value is -0.900. The molecule has 1 rings (SSSR count). The van der Waals surface area contributed by atoms with Crippen LogP contribution in [-0.2, 0) is 6.54 Å². The molecule has 1 N–H and O–H groups in total. The van der Waals surface area contributed by atoms with E-state index < -0.39 is 0 Å². The van der Waals surface area contributed by atoms with Gasteiger partial charge >= 0.3 is 0 Å². The zero-order valence-electron chi connectivity index (χ0n) is 12.3. The minimum atomic E-state index is 0.0219. The number of ether oxygens (including phenoxy) is 2. The number of nitrogens with one attached hydrogen (secondary N) is 1. The second-order valence-electron chi connectivity index (χ2n) is 5.40. The summed E-state index contributed by atoms with van der Waals surface area (Å²) < 4.78 is 11.1. The van der Waals surface area contributed by atoms with Gasteiger partial charge in [-0.05, 0) is 26.8 Å². The van der Waals surface area contributed by atoms with Crippen molar-refractivity contribution in [3.8, 4) is 11.5 Å². The Morgan fingerprint density at radius 3 is 2.60 bits per heavy atom. The van der Waals surface area contributed by atoms with E-state index in [0.717, 1.165) is 5.56 Å². The third-order valence-corrected chi connectivity index (χ3v) is 3.16. The smallest absolute Gasteiger partial charge is 0.166 e. The van der Waals surface area contributed by atoms with E-state index in [0.29, 0.717) is 23.1 Å². The zero-order valence-corrected chi connectivity index (χ0v) is 13.8. The van der Waals surface area contributed by atoms with E-state index >= 15 is 0 Å². The Balaban J connectivity index is 2.92. The fourth-order valence-electron chi connectivity index (χ4n) is 1.56. The van der Waals surface area contributed by atoms with Crippen molar-refractivity contribution >= 4 is 23.2 Å². The molecule has 0 amide bonds. The molecule has 5 heteroatoms. The van der Waals surface area contributed by atoms with Crippen LogP contribution in [0.2, 0.25) is 0 Å². The average molecular weight is 318 g/mol. The highest BCUT2D eigenvalue weighted by atomic mass is 35.5. The average Bonchev–Trinajstić information content (AvgIpc) is 2.41. The van der Waals surface area contributed by atoms with Gasteiger partial charge in [-0.1, -0.05) is 35.3 Å². The van der Waals surface area contributed by atoms with Crippen LogP contribution in [0.4, 0.5) is 0 Å². The maximum Gasteiger partial charge on any atom is 0.166 e. The lowest BCUT2D eigenvalue weighted by Gasteiger charge is -2.22. The normalized spacial score (nSPS) is 12.4. The third kappa shape index (κ3) is 5.61. The van der Waals surface area contributed by atoms with E-state index in [9.17, 15) is 0 Å². The molecule has 0 radical (unpaired) electrons. The quantitative estimate of drug-likeness (QED) is 0.849. The standard InChI is InChI=1S/C15H21Cl2NO2/c1-15(2,3)18-9-11-6-5-7-13(19-4)14(11)20-10-12(17)8-16/h5-8,18H,9-10H2,1-4H3. The van der Waals surface area contributed by atoms with Crippen LogP contribution in [-0.4, -0.2) is 19.3 Å². The second kappa shape index (κ2) is 7.77. The Bertz CT molecular complexity index is 467. The van der Waals surface area contributed by atoms with Crippen molar-refractivity contribution in [2.24, 2.45) is 0 Å². The van der Waals surface area contributed by atoms with Gasteiger partial charge in [-0.2, -0.15) is 0 Å². The summed E-state index contributed by atoms with van der Waals surface area (Å²) in [4.78, 5) is 0. The topological polar surface area (TPSA) is 30.5 Å². The first-order valence-corrected chi connectivity index (χ1v) is 7.17. The summed E-state index contributed by atoms with van der Waals surface area (Å²) in [7, 11) is 1.61. The van der Waals surface area contributed by atoms with E-state index in [4.69, 9.17) is 32.7 Å². The molecule has 0 heterocycles. The fraction of sp³-hybridized carbons (Fsp3) is 0.467. The Morgan fingerprint density at radius 1 is 1.35 bits per heavy atom. The maximum absolute atomic E-state index is 5.86. The minimum absolute atomic E-state index is 0.0219. The van der Waals surface area contributed by atoms with Crippen LogP contribution in [0.1, 0.15) is 26.3 Å². The summed E-state index contributed by atoms with van der Waals surface area (Å²) in [6.45, 7) is 7.23. The van der Waals surface area contributed by atoms with E-state index in [1.807, 2.05) is 18.2 Å². The van der Waals surface area contributed by atoms with Gasteiger partial charge in [0, 0.05) is 23.2 Å². The van der Waals surface area contributed by atoms with Crippen molar-refractivity contribution in [3.63, 3.8) is 0 Å². The molecule has 0 bridgehead atoms. The van der Waals surface area contributed by atoms with Crippen molar-refractivity contribution in [2.75, 3.05) is 13.7 Å². The molecule has 112 valence electrons. The molecule has 3 nitrogen and oxygen atoms in total. The summed E-state index contributed by atoms with van der Waals surface area (Å²) in [5.74, 6) is 1.36. The highest BCUT2D eigenvalue weighted by Crippen LogP contribution is 2.32. The second-order valence-corrected chi connectivity index (χ2v) is 6.10. The third-order valence-electron chi connectivity index (χ3n) is 2.56. The molecule has 0 aromatic heterocycles. The predicted octanol–water partition coefficient (Wildman–Crippen LogP) is 4.28. The number of benzene rings is 1. The molecule has 0 fully saturated rings. The van der Waals surface area contributed by atoms with Crippen molar-refractivity contribution < 1.29 is 9.47 Å². The van der Waals surface area contributed by atoms with Gasteiger partial charge in [0.15, 0.2) is 11.5 Å². The zero-order chi connectivity index (χ0) is 15.2. The number of para-hydroxylation sites is 1. The molecule has 0 unspecified atom stereocenters. The summed E-state index contributed by atoms with van der Waals surface area (Å²) in [6.07, 6.45) is 0. The molecule has 0 saturated carbocycles. The van der Waals surface area contributed by atoms with Crippen LogP contribution >= 0.6 is 23.2 Å². The summed E-state index contributed by atoms with van der Waals surface area (Å²) in [5.41, 5.74) is 2.33. The van der Waals surface area contributed by atoms with Gasteiger partial charge in [-0.25, -0.2) is 0 Å². The molecular formula is C15H21Cl2NO2. The number of methoxy groups -OCH3 is 1. The monoisotopic (exact) mass is 317 g/mol. The Labute approximate surface area is 130 Å². The number of hydrogen-bond acceptors (Lipinski definition) is 3. The highest BCUT2D eigenvalue weighted by Gasteiger charge is 2.14. The largest absolute Gasteiger partial charge is 0.493 e. The molecule has 0 aliphatic rings. The first-order chi connectivity index (χ1) is 9.37. The molecule has 0 aliphatic carbocycles. The molecule has 0 aliphatic heterocycles. The molecule has 0 spiro atoms. The van der Waals surface area contributed by atoms with Crippen molar-refractivity contribution in [3.05, 3.63) is 34.3 Å². The summed E-state index contributed by atoms with van der Waals surface area (Å²) in [5, 5.41) is 3.86. The van der Waals surface area contributed by atoms with Crippen LogP contribution in [0.15, 0.2) is 28.8 Å². The van der Waals surface area contributed by atoms with E-state index in [-0.39, 0.29) is 12.1 Å². The van der Waals surface area contributed by atoms with Gasteiger partial charge in [-0.3, -0.25) is 0 Å². The van der Waals surface area contributed by atoms with Crippen LogP contribution in [0.5, 0.6) is 11.5 Å². The number of hydrogen-bond donors (Lipinski definition) is 1. The number of halogens is 2. The first kappa shape index (κ1) is 17.2. The van der Waals surface area contributed by atoms with E-state index in [2.05, 4.69) is 26.1 Å². The Kier molecular flexibility index (Phi) is 6.66. The van der Waals surface area contributed by atoms with Crippen LogP contribution in [0.25, 0.3) is 0 Å². The lowest BCUT2D eigenvalue weighted by Crippen LogP contribution is -2.35. The van der Waals surface area contributed by atoms with Gasteiger partial charge in [0.2, 0.25) is 0 Å².